The van der Waals surface area contributed by atoms with Crippen LogP contribution in [0.15, 0.2) is 0 Å². The van der Waals surface area contributed by atoms with Crippen LogP contribution in [0.3, 0.4) is 0 Å². The molecule has 0 bridgehead atoms. The van der Waals surface area contributed by atoms with E-state index in [0.29, 0.717) is 28.1 Å². The average molecular weight is 417 g/mol. The molecule has 4 aliphatic rings. The molecule has 9 atom stereocenters. The first-order valence-corrected chi connectivity index (χ1v) is 13.7. The predicted octanol–water partition coefficient (Wildman–Crippen LogP) is 8.10. The Hall–Kier alpha value is -0.0400. The molecule has 0 saturated heterocycles. The molecular weight excluding hydrogens is 364 g/mol. The summed E-state index contributed by atoms with van der Waals surface area (Å²) in [4.78, 5) is 0. The highest BCUT2D eigenvalue weighted by Gasteiger charge is 2.62. The summed E-state index contributed by atoms with van der Waals surface area (Å²) in [5, 5.41) is 11.4. The Morgan fingerprint density at radius 3 is 2.33 bits per heavy atom. The van der Waals surface area contributed by atoms with Gasteiger partial charge in [-0.1, -0.05) is 61.3 Å². The lowest BCUT2D eigenvalue weighted by atomic mass is 9.44. The van der Waals surface area contributed by atoms with Crippen molar-refractivity contribution in [3.8, 4) is 0 Å². The van der Waals surface area contributed by atoms with Crippen LogP contribution < -0.4 is 0 Å². The highest BCUT2D eigenvalue weighted by atomic mass is 16.3. The van der Waals surface area contributed by atoms with Crippen molar-refractivity contribution < 1.29 is 5.11 Å². The summed E-state index contributed by atoms with van der Waals surface area (Å²) in [5.74, 6) is 5.49. The maximum absolute atomic E-state index is 11.4. The second-order valence-corrected chi connectivity index (χ2v) is 13.9. The van der Waals surface area contributed by atoms with Crippen molar-refractivity contribution in [3.63, 3.8) is 0 Å². The van der Waals surface area contributed by atoms with Crippen molar-refractivity contribution in [2.45, 2.75) is 125 Å². The summed E-state index contributed by atoms with van der Waals surface area (Å²) in [6.07, 6.45) is 15.3. The van der Waals surface area contributed by atoms with Crippen LogP contribution in [0.1, 0.15) is 119 Å². The summed E-state index contributed by atoms with van der Waals surface area (Å²) in [5.41, 5.74) is 1.39. The van der Waals surface area contributed by atoms with E-state index in [4.69, 9.17) is 0 Å². The maximum atomic E-state index is 11.4. The van der Waals surface area contributed by atoms with Gasteiger partial charge in [-0.05, 0) is 115 Å². The zero-order valence-electron chi connectivity index (χ0n) is 21.3. The van der Waals surface area contributed by atoms with Gasteiger partial charge in [0, 0.05) is 0 Å². The fourth-order valence-corrected chi connectivity index (χ4v) is 9.44. The SMILES string of the molecule is CC(C)C(C)(C)CC[C@@H](C)[C@H]1C(O)C[C@H]2[C@@H]3CCC4CCCC[C@]4(C)[C@H]3CC[C@]12C. The average Bonchev–Trinajstić information content (AvgIpc) is 2.95. The maximum Gasteiger partial charge on any atom is 0.0579 e. The molecular formula is C29H52O. The Morgan fingerprint density at radius 2 is 1.63 bits per heavy atom. The van der Waals surface area contributed by atoms with Crippen LogP contribution in [0.4, 0.5) is 0 Å². The molecule has 1 heteroatoms. The van der Waals surface area contributed by atoms with E-state index in [9.17, 15) is 5.11 Å². The van der Waals surface area contributed by atoms with Gasteiger partial charge in [0.05, 0.1) is 6.10 Å². The van der Waals surface area contributed by atoms with Crippen LogP contribution in [-0.4, -0.2) is 11.2 Å². The molecule has 4 saturated carbocycles. The van der Waals surface area contributed by atoms with E-state index in [1.807, 2.05) is 0 Å². The number of fused-ring (bicyclic) bond motifs is 5. The normalized spacial score (nSPS) is 47.5. The van der Waals surface area contributed by atoms with Crippen molar-refractivity contribution in [1.82, 2.24) is 0 Å². The van der Waals surface area contributed by atoms with Gasteiger partial charge in [0.25, 0.3) is 0 Å². The fourth-order valence-electron chi connectivity index (χ4n) is 9.44. The third-order valence-electron chi connectivity index (χ3n) is 12.1. The molecule has 0 aliphatic heterocycles. The summed E-state index contributed by atoms with van der Waals surface area (Å²) in [6.45, 7) is 17.4. The second kappa shape index (κ2) is 8.07. The number of aliphatic hydroxyl groups excluding tert-OH is 1. The lowest BCUT2D eigenvalue weighted by molar-refractivity contribution is -0.115. The van der Waals surface area contributed by atoms with Gasteiger partial charge >= 0.3 is 0 Å². The van der Waals surface area contributed by atoms with Crippen LogP contribution >= 0.6 is 0 Å². The van der Waals surface area contributed by atoms with Crippen LogP contribution in [0.5, 0.6) is 0 Å². The Morgan fingerprint density at radius 1 is 0.900 bits per heavy atom. The van der Waals surface area contributed by atoms with Crippen LogP contribution in [0.25, 0.3) is 0 Å². The van der Waals surface area contributed by atoms with Gasteiger partial charge in [0.2, 0.25) is 0 Å². The van der Waals surface area contributed by atoms with Crippen LogP contribution in [0, 0.1) is 57.7 Å². The Labute approximate surface area is 188 Å². The number of aliphatic hydroxyl groups is 1. The molecule has 0 radical (unpaired) electrons. The molecule has 4 aliphatic carbocycles. The molecule has 0 heterocycles. The van der Waals surface area contributed by atoms with Crippen molar-refractivity contribution in [1.29, 1.82) is 0 Å². The van der Waals surface area contributed by atoms with Crippen molar-refractivity contribution in [2.75, 3.05) is 0 Å². The molecule has 2 unspecified atom stereocenters. The third kappa shape index (κ3) is 3.62. The van der Waals surface area contributed by atoms with Gasteiger partial charge < -0.3 is 5.11 Å². The lowest BCUT2D eigenvalue weighted by Crippen LogP contribution is -2.53. The van der Waals surface area contributed by atoms with E-state index in [2.05, 4.69) is 48.5 Å². The van der Waals surface area contributed by atoms with Crippen LogP contribution in [0.2, 0.25) is 0 Å². The van der Waals surface area contributed by atoms with E-state index in [-0.39, 0.29) is 6.10 Å². The zero-order valence-corrected chi connectivity index (χ0v) is 21.3. The molecule has 1 nitrogen and oxygen atoms in total. The number of hydrogen-bond acceptors (Lipinski definition) is 1. The summed E-state index contributed by atoms with van der Waals surface area (Å²) in [6, 6.07) is 0. The smallest absolute Gasteiger partial charge is 0.0579 e. The van der Waals surface area contributed by atoms with Gasteiger partial charge in [-0.15, -0.1) is 0 Å². The molecule has 30 heavy (non-hydrogen) atoms. The first kappa shape index (κ1) is 23.1. The van der Waals surface area contributed by atoms with Gasteiger partial charge in [-0.25, -0.2) is 0 Å². The first-order valence-electron chi connectivity index (χ1n) is 13.7. The molecule has 0 aromatic heterocycles. The highest BCUT2D eigenvalue weighted by Crippen LogP contribution is 2.68. The quantitative estimate of drug-likeness (QED) is 0.480. The molecule has 0 spiro atoms. The Balaban J connectivity index is 1.51. The van der Waals surface area contributed by atoms with E-state index >= 15 is 0 Å². The Kier molecular flexibility index (Phi) is 6.22. The standard InChI is InChI=1S/C29H52O/c1-19(2)27(4,5)16-13-20(3)26-25(30)18-24-22-12-11-21-10-8-9-15-28(21,6)23(22)14-17-29(24,26)7/h19-26,30H,8-18H2,1-7H3/t20-,21?,22-,23+,24+,25?,26+,28+,29+/m1/s1. The monoisotopic (exact) mass is 416 g/mol. The molecule has 4 fully saturated rings. The number of hydrogen-bond donors (Lipinski definition) is 1. The van der Waals surface area contributed by atoms with Gasteiger partial charge in [0.15, 0.2) is 0 Å². The van der Waals surface area contributed by atoms with Gasteiger partial charge in [-0.2, -0.15) is 0 Å². The summed E-state index contributed by atoms with van der Waals surface area (Å²) in [7, 11) is 0. The first-order chi connectivity index (χ1) is 14.0. The molecule has 0 amide bonds. The van der Waals surface area contributed by atoms with Crippen molar-refractivity contribution in [3.05, 3.63) is 0 Å². The third-order valence-corrected chi connectivity index (χ3v) is 12.1. The minimum absolute atomic E-state index is 0.0622. The largest absolute Gasteiger partial charge is 0.393 e. The molecule has 0 aromatic rings. The van der Waals surface area contributed by atoms with Gasteiger partial charge in [-0.3, -0.25) is 0 Å². The fraction of sp³-hybridized carbons (Fsp3) is 1.00. The van der Waals surface area contributed by atoms with E-state index in [1.165, 1.54) is 64.2 Å². The van der Waals surface area contributed by atoms with E-state index in [0.717, 1.165) is 36.0 Å². The van der Waals surface area contributed by atoms with Crippen molar-refractivity contribution >= 4 is 0 Å². The summed E-state index contributed by atoms with van der Waals surface area (Å²) >= 11 is 0. The molecule has 1 N–H and O–H groups in total. The topological polar surface area (TPSA) is 20.2 Å². The predicted molar refractivity (Wildman–Crippen MR) is 128 cm³/mol. The van der Waals surface area contributed by atoms with Crippen LogP contribution in [-0.2, 0) is 0 Å². The lowest BCUT2D eigenvalue weighted by Gasteiger charge is -2.60. The van der Waals surface area contributed by atoms with Gasteiger partial charge in [0.1, 0.15) is 0 Å². The Bertz CT molecular complexity index is 607. The summed E-state index contributed by atoms with van der Waals surface area (Å²) < 4.78 is 0. The second-order valence-electron chi connectivity index (χ2n) is 13.9. The zero-order chi connectivity index (χ0) is 21.9. The van der Waals surface area contributed by atoms with Crippen molar-refractivity contribution in [2.24, 2.45) is 57.7 Å². The molecule has 174 valence electrons. The molecule has 0 aromatic carbocycles. The minimum Gasteiger partial charge on any atom is -0.393 e. The molecule has 4 rings (SSSR count). The highest BCUT2D eigenvalue weighted by molar-refractivity contribution is 5.11. The minimum atomic E-state index is -0.0622. The van der Waals surface area contributed by atoms with E-state index in [1.54, 1.807) is 0 Å². The van der Waals surface area contributed by atoms with E-state index < -0.39 is 0 Å². The number of rotatable bonds is 5.